The first kappa shape index (κ1) is 15.4. The van der Waals surface area contributed by atoms with Crippen LogP contribution in [0.5, 0.6) is 0 Å². The summed E-state index contributed by atoms with van der Waals surface area (Å²) < 4.78 is 5.02. The molecule has 0 aliphatic heterocycles. The quantitative estimate of drug-likeness (QED) is 0.744. The Labute approximate surface area is 101 Å². The molecule has 6 heteroatoms. The summed E-state index contributed by atoms with van der Waals surface area (Å²) >= 11 is 0. The number of nitrogens with one attached hydrogen (secondary N) is 1. The van der Waals surface area contributed by atoms with Gasteiger partial charge in [0.2, 0.25) is 5.91 Å². The molecule has 2 amide bonds. The van der Waals surface area contributed by atoms with Gasteiger partial charge in [0.15, 0.2) is 0 Å². The average molecular weight is 244 g/mol. The first-order chi connectivity index (χ1) is 7.60. The van der Waals surface area contributed by atoms with Gasteiger partial charge >= 0.3 is 6.09 Å². The Hall–Kier alpha value is -1.59. The van der Waals surface area contributed by atoms with Crippen molar-refractivity contribution in [1.29, 1.82) is 0 Å². The molecular formula is C11H20N2O4. The molecule has 6 nitrogen and oxygen atoms in total. The minimum atomic E-state index is -0.662. The first-order valence-corrected chi connectivity index (χ1v) is 5.37. The number of nitrogens with two attached hydrogens (primary N) is 1. The van der Waals surface area contributed by atoms with Crippen LogP contribution in [0.25, 0.3) is 0 Å². The predicted octanol–water partition coefficient (Wildman–Crippen LogP) is 0.734. The van der Waals surface area contributed by atoms with Crippen molar-refractivity contribution in [1.82, 2.24) is 5.32 Å². The van der Waals surface area contributed by atoms with Crippen LogP contribution in [0.1, 0.15) is 40.5 Å². The summed E-state index contributed by atoms with van der Waals surface area (Å²) in [5.74, 6) is -0.709. The van der Waals surface area contributed by atoms with Gasteiger partial charge in [0.25, 0.3) is 0 Å². The molecule has 0 aromatic carbocycles. The van der Waals surface area contributed by atoms with Gasteiger partial charge in [0.1, 0.15) is 11.4 Å². The first-order valence-electron chi connectivity index (χ1n) is 5.37. The number of hydrogen-bond acceptors (Lipinski definition) is 4. The maximum absolute atomic E-state index is 11.4. The van der Waals surface area contributed by atoms with E-state index in [9.17, 15) is 14.4 Å². The van der Waals surface area contributed by atoms with Crippen LogP contribution in [0, 0.1) is 0 Å². The monoisotopic (exact) mass is 244 g/mol. The van der Waals surface area contributed by atoms with E-state index in [0.717, 1.165) is 0 Å². The molecule has 0 fully saturated rings. The molecule has 0 bridgehead atoms. The van der Waals surface area contributed by atoms with Gasteiger partial charge in [-0.2, -0.15) is 0 Å². The second-order valence-electron chi connectivity index (χ2n) is 4.92. The van der Waals surface area contributed by atoms with Crippen LogP contribution in [0.15, 0.2) is 0 Å². The van der Waals surface area contributed by atoms with E-state index in [1.165, 1.54) is 6.92 Å². The van der Waals surface area contributed by atoms with E-state index in [1.54, 1.807) is 20.8 Å². The molecule has 0 radical (unpaired) electrons. The summed E-state index contributed by atoms with van der Waals surface area (Å²) in [5, 5.41) is 2.45. The fourth-order valence-corrected chi connectivity index (χ4v) is 1.24. The van der Waals surface area contributed by atoms with E-state index in [4.69, 9.17) is 10.5 Å². The minimum Gasteiger partial charge on any atom is -0.444 e. The van der Waals surface area contributed by atoms with Crippen molar-refractivity contribution in [3.05, 3.63) is 0 Å². The number of alkyl carbamates (subject to hydrolysis) is 1. The Bertz CT molecular complexity index is 291. The van der Waals surface area contributed by atoms with Crippen LogP contribution in [0.4, 0.5) is 4.79 Å². The van der Waals surface area contributed by atoms with Crippen LogP contribution in [0.2, 0.25) is 0 Å². The van der Waals surface area contributed by atoms with Crippen LogP contribution in [-0.2, 0) is 14.3 Å². The highest BCUT2D eigenvalue weighted by atomic mass is 16.6. The SMILES string of the molecule is CC(=O)C[C@H](CC(N)=O)NC(=O)OC(C)(C)C. The van der Waals surface area contributed by atoms with Gasteiger partial charge in [-0.15, -0.1) is 0 Å². The van der Waals surface area contributed by atoms with E-state index in [0.29, 0.717) is 0 Å². The number of carbonyl (C=O) groups is 3. The molecule has 98 valence electrons. The number of Topliss-reactive ketones (excluding diaryl/α,β-unsaturated/α-hetero) is 1. The molecule has 0 saturated carbocycles. The molecule has 0 unspecified atom stereocenters. The normalized spacial score (nSPS) is 12.7. The highest BCUT2D eigenvalue weighted by Gasteiger charge is 2.21. The second-order valence-corrected chi connectivity index (χ2v) is 4.92. The Morgan fingerprint density at radius 1 is 1.24 bits per heavy atom. The van der Waals surface area contributed by atoms with Gasteiger partial charge in [-0.3, -0.25) is 9.59 Å². The minimum absolute atomic E-state index is 0.0577. The zero-order chi connectivity index (χ0) is 13.6. The van der Waals surface area contributed by atoms with E-state index in [-0.39, 0.29) is 18.6 Å². The van der Waals surface area contributed by atoms with Crippen molar-refractivity contribution in [2.75, 3.05) is 0 Å². The fourth-order valence-electron chi connectivity index (χ4n) is 1.24. The van der Waals surface area contributed by atoms with Gasteiger partial charge in [0, 0.05) is 18.9 Å². The van der Waals surface area contributed by atoms with Crippen LogP contribution < -0.4 is 11.1 Å². The highest BCUT2D eigenvalue weighted by Crippen LogP contribution is 2.08. The third-order valence-corrected chi connectivity index (χ3v) is 1.70. The Kier molecular flexibility index (Phi) is 5.64. The van der Waals surface area contributed by atoms with Crippen molar-refractivity contribution < 1.29 is 19.1 Å². The lowest BCUT2D eigenvalue weighted by molar-refractivity contribution is -0.119. The molecule has 0 heterocycles. The molecule has 0 aliphatic carbocycles. The Morgan fingerprint density at radius 2 is 1.76 bits per heavy atom. The topological polar surface area (TPSA) is 98.5 Å². The van der Waals surface area contributed by atoms with Gasteiger partial charge in [-0.1, -0.05) is 0 Å². The molecule has 0 aromatic heterocycles. The van der Waals surface area contributed by atoms with Gasteiger partial charge in [-0.05, 0) is 27.7 Å². The van der Waals surface area contributed by atoms with Crippen molar-refractivity contribution in [2.24, 2.45) is 5.73 Å². The number of amides is 2. The van der Waals surface area contributed by atoms with Crippen molar-refractivity contribution >= 4 is 17.8 Å². The molecule has 1 atom stereocenters. The van der Waals surface area contributed by atoms with Crippen LogP contribution in [0.3, 0.4) is 0 Å². The largest absolute Gasteiger partial charge is 0.444 e. The molecular weight excluding hydrogens is 224 g/mol. The molecule has 3 N–H and O–H groups in total. The highest BCUT2D eigenvalue weighted by molar-refractivity contribution is 5.80. The third kappa shape index (κ3) is 9.35. The molecule has 0 aliphatic rings. The number of ether oxygens (including phenoxy) is 1. The molecule has 0 saturated heterocycles. The standard InChI is InChI=1S/C11H20N2O4/c1-7(14)5-8(6-9(12)15)13-10(16)17-11(2,3)4/h8H,5-6H2,1-4H3,(H2,12,15)(H,13,16)/t8-/m1/s1. The summed E-state index contributed by atoms with van der Waals surface area (Å²) in [5.41, 5.74) is 4.40. The Morgan fingerprint density at radius 3 is 2.12 bits per heavy atom. The van der Waals surface area contributed by atoms with Crippen molar-refractivity contribution in [3.63, 3.8) is 0 Å². The van der Waals surface area contributed by atoms with Gasteiger partial charge < -0.3 is 15.8 Å². The van der Waals surface area contributed by atoms with E-state index >= 15 is 0 Å². The average Bonchev–Trinajstić information content (AvgIpc) is 1.95. The second kappa shape index (κ2) is 6.22. The summed E-state index contributed by atoms with van der Waals surface area (Å²) in [6.45, 7) is 6.55. The maximum Gasteiger partial charge on any atom is 0.407 e. The van der Waals surface area contributed by atoms with Crippen LogP contribution in [-0.4, -0.2) is 29.4 Å². The third-order valence-electron chi connectivity index (χ3n) is 1.70. The van der Waals surface area contributed by atoms with Crippen molar-refractivity contribution in [2.45, 2.75) is 52.2 Å². The fraction of sp³-hybridized carbons (Fsp3) is 0.727. The molecule has 17 heavy (non-hydrogen) atoms. The smallest absolute Gasteiger partial charge is 0.407 e. The van der Waals surface area contributed by atoms with Gasteiger partial charge in [0.05, 0.1) is 0 Å². The number of rotatable bonds is 5. The summed E-state index contributed by atoms with van der Waals surface area (Å²) in [7, 11) is 0. The van der Waals surface area contributed by atoms with E-state index in [1.807, 2.05) is 0 Å². The van der Waals surface area contributed by atoms with Crippen molar-refractivity contribution in [3.8, 4) is 0 Å². The summed E-state index contributed by atoms with van der Waals surface area (Å²) in [6, 6.07) is -0.611. The van der Waals surface area contributed by atoms with E-state index < -0.39 is 23.6 Å². The zero-order valence-corrected chi connectivity index (χ0v) is 10.7. The predicted molar refractivity (Wildman–Crippen MR) is 62.3 cm³/mol. The van der Waals surface area contributed by atoms with Gasteiger partial charge in [-0.25, -0.2) is 4.79 Å². The lowest BCUT2D eigenvalue weighted by atomic mass is 10.1. The summed E-state index contributed by atoms with van der Waals surface area (Å²) in [4.78, 5) is 33.2. The van der Waals surface area contributed by atoms with Crippen LogP contribution >= 0.6 is 0 Å². The number of carbonyl (C=O) groups excluding carboxylic acids is 3. The summed E-state index contributed by atoms with van der Waals surface area (Å²) in [6.07, 6.45) is -0.689. The lowest BCUT2D eigenvalue weighted by Gasteiger charge is -2.22. The number of hydrogen-bond donors (Lipinski definition) is 2. The molecule has 0 aromatic rings. The number of primary amides is 1. The van der Waals surface area contributed by atoms with E-state index in [2.05, 4.69) is 5.32 Å². The lowest BCUT2D eigenvalue weighted by Crippen LogP contribution is -2.41. The molecule has 0 rings (SSSR count). The maximum atomic E-state index is 11.4. The Balaban J connectivity index is 4.37. The molecule has 0 spiro atoms. The number of ketones is 1. The zero-order valence-electron chi connectivity index (χ0n) is 10.7.